The molecule has 0 unspecified atom stereocenters. The molecule has 0 aliphatic rings. The summed E-state index contributed by atoms with van der Waals surface area (Å²) in [6.07, 6.45) is 2.49. The summed E-state index contributed by atoms with van der Waals surface area (Å²) in [5, 5.41) is 0. The molecule has 0 aliphatic carbocycles. The topological polar surface area (TPSA) is 72.8 Å². The molecule has 16 heavy (non-hydrogen) atoms. The van der Waals surface area contributed by atoms with Crippen LogP contribution in [0.15, 0.2) is 28.1 Å². The van der Waals surface area contributed by atoms with Gasteiger partial charge in [0.15, 0.2) is 9.84 Å². The third-order valence-corrected chi connectivity index (χ3v) is 3.10. The number of hydrogen-bond acceptors (Lipinski definition) is 5. The lowest BCUT2D eigenvalue weighted by atomic mass is 10.2. The zero-order valence-electron chi connectivity index (χ0n) is 8.93. The summed E-state index contributed by atoms with van der Waals surface area (Å²) in [7, 11) is -1.99. The minimum atomic E-state index is -3.36. The van der Waals surface area contributed by atoms with Gasteiger partial charge in [0.05, 0.1) is 13.7 Å². The van der Waals surface area contributed by atoms with E-state index in [0.29, 0.717) is 5.56 Å². The summed E-state index contributed by atoms with van der Waals surface area (Å²) in [6, 6.07) is 4.67. The molecule has 5 nitrogen and oxygen atoms in total. The average Bonchev–Trinajstić information content (AvgIpc) is 2.24. The van der Waals surface area contributed by atoms with Crippen LogP contribution >= 0.6 is 0 Å². The first-order valence-corrected chi connectivity index (χ1v) is 6.29. The molecular formula is C10H11NO4S. The van der Waals surface area contributed by atoms with Crippen LogP contribution in [0, 0.1) is 0 Å². The molecule has 0 heterocycles. The van der Waals surface area contributed by atoms with Gasteiger partial charge in [-0.15, -0.1) is 0 Å². The van der Waals surface area contributed by atoms with E-state index < -0.39 is 9.84 Å². The van der Waals surface area contributed by atoms with E-state index in [1.54, 1.807) is 12.1 Å². The van der Waals surface area contributed by atoms with Gasteiger partial charge >= 0.3 is 0 Å². The Hall–Kier alpha value is -1.65. The van der Waals surface area contributed by atoms with E-state index >= 15 is 0 Å². The Labute approximate surface area is 93.7 Å². The fourth-order valence-corrected chi connectivity index (χ4v) is 2.20. The molecule has 0 atom stereocenters. The van der Waals surface area contributed by atoms with Gasteiger partial charge in [-0.1, -0.05) is 12.1 Å². The van der Waals surface area contributed by atoms with E-state index in [2.05, 4.69) is 4.99 Å². The van der Waals surface area contributed by atoms with E-state index in [0.717, 1.165) is 6.26 Å². The van der Waals surface area contributed by atoms with E-state index in [1.165, 1.54) is 19.3 Å². The van der Waals surface area contributed by atoms with E-state index in [-0.39, 0.29) is 17.2 Å². The Bertz CT molecular complexity index is 530. The SMILES string of the molecule is COc1c(CN=C=O)cccc1S(C)(=O)=O. The van der Waals surface area contributed by atoms with Crippen molar-refractivity contribution < 1.29 is 17.9 Å². The summed E-state index contributed by atoms with van der Waals surface area (Å²) in [5.74, 6) is 0.226. The van der Waals surface area contributed by atoms with Crippen LogP contribution in [0.5, 0.6) is 5.75 Å². The van der Waals surface area contributed by atoms with Crippen LogP contribution in [-0.2, 0) is 21.2 Å². The van der Waals surface area contributed by atoms with E-state index in [1.807, 2.05) is 0 Å². The molecule has 0 saturated carbocycles. The van der Waals surface area contributed by atoms with Crippen molar-refractivity contribution in [1.82, 2.24) is 0 Å². The summed E-state index contributed by atoms with van der Waals surface area (Å²) in [4.78, 5) is 13.5. The van der Waals surface area contributed by atoms with Crippen molar-refractivity contribution in [3.05, 3.63) is 23.8 Å². The predicted molar refractivity (Wildman–Crippen MR) is 57.9 cm³/mol. The number of carbonyl (C=O) groups excluding carboxylic acids is 1. The van der Waals surface area contributed by atoms with Gasteiger partial charge in [-0.2, -0.15) is 0 Å². The Morgan fingerprint density at radius 1 is 1.44 bits per heavy atom. The highest BCUT2D eigenvalue weighted by Crippen LogP contribution is 2.28. The lowest BCUT2D eigenvalue weighted by Gasteiger charge is -2.10. The van der Waals surface area contributed by atoms with Gasteiger partial charge in [0.25, 0.3) is 0 Å². The van der Waals surface area contributed by atoms with Crippen molar-refractivity contribution in [1.29, 1.82) is 0 Å². The number of nitrogens with zero attached hydrogens (tertiary/aromatic N) is 1. The first kappa shape index (κ1) is 12.4. The monoisotopic (exact) mass is 241 g/mol. The molecule has 0 saturated heterocycles. The number of sulfone groups is 1. The maximum Gasteiger partial charge on any atom is 0.235 e. The second kappa shape index (κ2) is 4.92. The van der Waals surface area contributed by atoms with Crippen molar-refractivity contribution in [2.75, 3.05) is 13.4 Å². The van der Waals surface area contributed by atoms with Crippen LogP contribution in [0.4, 0.5) is 0 Å². The van der Waals surface area contributed by atoms with Crippen LogP contribution in [-0.4, -0.2) is 27.9 Å². The third-order valence-electron chi connectivity index (χ3n) is 1.98. The van der Waals surface area contributed by atoms with Crippen molar-refractivity contribution in [2.24, 2.45) is 4.99 Å². The quantitative estimate of drug-likeness (QED) is 0.580. The predicted octanol–water partition coefficient (Wildman–Crippen LogP) is 0.934. The molecule has 0 aliphatic heterocycles. The first-order chi connectivity index (χ1) is 7.50. The number of para-hydroxylation sites is 1. The smallest absolute Gasteiger partial charge is 0.235 e. The highest BCUT2D eigenvalue weighted by atomic mass is 32.2. The number of methoxy groups -OCH3 is 1. The molecule has 0 N–H and O–H groups in total. The zero-order valence-corrected chi connectivity index (χ0v) is 9.74. The maximum absolute atomic E-state index is 11.5. The van der Waals surface area contributed by atoms with Crippen LogP contribution in [0.2, 0.25) is 0 Å². The molecule has 0 amide bonds. The summed E-state index contributed by atoms with van der Waals surface area (Å²) in [6.45, 7) is 0.0516. The van der Waals surface area contributed by atoms with Crippen LogP contribution in [0.3, 0.4) is 0 Å². The number of benzene rings is 1. The Kier molecular flexibility index (Phi) is 3.82. The fourth-order valence-electron chi connectivity index (χ4n) is 1.33. The fraction of sp³-hybridized carbons (Fsp3) is 0.300. The second-order valence-corrected chi connectivity index (χ2v) is 5.11. The molecule has 0 aromatic heterocycles. The minimum absolute atomic E-state index is 0.0516. The molecule has 1 aromatic carbocycles. The maximum atomic E-state index is 11.5. The molecule has 86 valence electrons. The van der Waals surface area contributed by atoms with Crippen molar-refractivity contribution in [2.45, 2.75) is 11.4 Å². The molecule has 0 bridgehead atoms. The van der Waals surface area contributed by atoms with Gasteiger partial charge < -0.3 is 4.74 Å². The minimum Gasteiger partial charge on any atom is -0.495 e. The van der Waals surface area contributed by atoms with E-state index in [4.69, 9.17) is 4.74 Å². The molecule has 1 aromatic rings. The Morgan fingerprint density at radius 3 is 2.62 bits per heavy atom. The van der Waals surface area contributed by atoms with Gasteiger partial charge in [-0.25, -0.2) is 18.2 Å². The van der Waals surface area contributed by atoms with Gasteiger partial charge in [0.2, 0.25) is 6.08 Å². The van der Waals surface area contributed by atoms with Crippen LogP contribution < -0.4 is 4.74 Å². The number of isocyanates is 1. The zero-order chi connectivity index (χ0) is 12.2. The standard InChI is InChI=1S/C10H11NO4S/c1-15-10-8(6-11-7-12)4-3-5-9(10)16(2,13)14/h3-5H,6H2,1-2H3. The second-order valence-electron chi connectivity index (χ2n) is 3.13. The van der Waals surface area contributed by atoms with Gasteiger partial charge in [-0.05, 0) is 6.07 Å². The normalized spacial score (nSPS) is 10.6. The van der Waals surface area contributed by atoms with Gasteiger partial charge in [-0.3, -0.25) is 0 Å². The van der Waals surface area contributed by atoms with Gasteiger partial charge in [0, 0.05) is 11.8 Å². The summed E-state index contributed by atoms with van der Waals surface area (Å²) < 4.78 is 27.9. The lowest BCUT2D eigenvalue weighted by Crippen LogP contribution is -2.03. The molecule has 0 radical (unpaired) electrons. The molecular weight excluding hydrogens is 230 g/mol. The Morgan fingerprint density at radius 2 is 2.12 bits per heavy atom. The van der Waals surface area contributed by atoms with Crippen molar-refractivity contribution >= 4 is 15.9 Å². The number of aliphatic imine (C=N–C) groups is 1. The Balaban J connectivity index is 3.37. The number of rotatable bonds is 4. The molecule has 0 fully saturated rings. The highest BCUT2D eigenvalue weighted by molar-refractivity contribution is 7.90. The van der Waals surface area contributed by atoms with Crippen LogP contribution in [0.25, 0.3) is 0 Å². The van der Waals surface area contributed by atoms with Crippen molar-refractivity contribution in [3.63, 3.8) is 0 Å². The number of ether oxygens (including phenoxy) is 1. The largest absolute Gasteiger partial charge is 0.495 e. The van der Waals surface area contributed by atoms with Crippen molar-refractivity contribution in [3.8, 4) is 5.75 Å². The lowest BCUT2D eigenvalue weighted by molar-refractivity contribution is 0.398. The summed E-state index contributed by atoms with van der Waals surface area (Å²) in [5.41, 5.74) is 0.536. The van der Waals surface area contributed by atoms with E-state index in [9.17, 15) is 13.2 Å². The van der Waals surface area contributed by atoms with Crippen LogP contribution in [0.1, 0.15) is 5.56 Å². The number of hydrogen-bond donors (Lipinski definition) is 0. The first-order valence-electron chi connectivity index (χ1n) is 4.40. The summed E-state index contributed by atoms with van der Waals surface area (Å²) >= 11 is 0. The molecule has 1 rings (SSSR count). The average molecular weight is 241 g/mol. The highest BCUT2D eigenvalue weighted by Gasteiger charge is 2.16. The molecule has 6 heteroatoms. The van der Waals surface area contributed by atoms with Gasteiger partial charge in [0.1, 0.15) is 10.6 Å². The molecule has 0 spiro atoms. The third kappa shape index (κ3) is 2.68.